The third-order valence-corrected chi connectivity index (χ3v) is 6.13. The van der Waals surface area contributed by atoms with E-state index in [1.165, 1.54) is 35.6 Å². The fourth-order valence-corrected chi connectivity index (χ4v) is 4.09. The van der Waals surface area contributed by atoms with Crippen molar-refractivity contribution in [2.75, 3.05) is 5.32 Å². The SMILES string of the molecule is O=C(NC(Cc1ccccc1)C(=O)Nc1nnc(-c2ccc(Cl)cc2)s1)c1ccc([N+](=O)[O-])cc1. The Labute approximate surface area is 208 Å². The Balaban J connectivity index is 1.50. The van der Waals surface area contributed by atoms with Gasteiger partial charge in [-0.1, -0.05) is 65.4 Å². The molecule has 35 heavy (non-hydrogen) atoms. The molecule has 1 unspecified atom stereocenters. The number of carbonyl (C=O) groups excluding carboxylic acids is 2. The minimum absolute atomic E-state index is 0.132. The van der Waals surface area contributed by atoms with Crippen LogP contribution in [0.1, 0.15) is 15.9 Å². The van der Waals surface area contributed by atoms with E-state index in [0.717, 1.165) is 11.1 Å². The number of aromatic nitrogens is 2. The molecular formula is C24H18ClN5O4S. The van der Waals surface area contributed by atoms with Gasteiger partial charge in [-0.15, -0.1) is 10.2 Å². The number of amides is 2. The fraction of sp³-hybridized carbons (Fsp3) is 0.0833. The van der Waals surface area contributed by atoms with E-state index in [1.807, 2.05) is 30.3 Å². The van der Waals surface area contributed by atoms with E-state index < -0.39 is 22.8 Å². The van der Waals surface area contributed by atoms with Crippen LogP contribution in [0.2, 0.25) is 5.02 Å². The molecule has 0 saturated heterocycles. The zero-order valence-corrected chi connectivity index (χ0v) is 19.6. The minimum Gasteiger partial charge on any atom is -0.340 e. The monoisotopic (exact) mass is 507 g/mol. The molecule has 2 amide bonds. The number of rotatable bonds is 8. The maximum atomic E-state index is 13.1. The summed E-state index contributed by atoms with van der Waals surface area (Å²) < 4.78 is 0. The Morgan fingerprint density at radius 2 is 1.66 bits per heavy atom. The lowest BCUT2D eigenvalue weighted by Crippen LogP contribution is -2.45. The number of non-ortho nitro benzene ring substituents is 1. The number of benzene rings is 3. The van der Waals surface area contributed by atoms with Crippen LogP contribution in [0.15, 0.2) is 78.9 Å². The zero-order chi connectivity index (χ0) is 24.8. The number of nitrogens with one attached hydrogen (secondary N) is 2. The van der Waals surface area contributed by atoms with Gasteiger partial charge in [0.15, 0.2) is 0 Å². The molecule has 0 fully saturated rings. The average molecular weight is 508 g/mol. The number of halogens is 1. The smallest absolute Gasteiger partial charge is 0.269 e. The average Bonchev–Trinajstić information content (AvgIpc) is 3.33. The molecule has 1 heterocycles. The summed E-state index contributed by atoms with van der Waals surface area (Å²) in [5.74, 6) is -1.00. The highest BCUT2D eigenvalue weighted by atomic mass is 35.5. The third kappa shape index (κ3) is 6.25. The Kier molecular flexibility index (Phi) is 7.44. The summed E-state index contributed by atoms with van der Waals surface area (Å²) in [4.78, 5) is 36.2. The summed E-state index contributed by atoms with van der Waals surface area (Å²) in [6.45, 7) is 0. The molecule has 0 aliphatic carbocycles. The number of hydrogen-bond donors (Lipinski definition) is 2. The maximum absolute atomic E-state index is 13.1. The molecule has 4 rings (SSSR count). The summed E-state index contributed by atoms with van der Waals surface area (Å²) in [5.41, 5.74) is 1.71. The van der Waals surface area contributed by atoms with Gasteiger partial charge in [-0.3, -0.25) is 25.0 Å². The van der Waals surface area contributed by atoms with E-state index in [0.29, 0.717) is 10.0 Å². The normalized spacial score (nSPS) is 11.5. The van der Waals surface area contributed by atoms with Crippen molar-refractivity contribution in [1.29, 1.82) is 0 Å². The molecule has 1 aromatic heterocycles. The van der Waals surface area contributed by atoms with E-state index in [1.54, 1.807) is 24.3 Å². The van der Waals surface area contributed by atoms with Crippen LogP contribution in [0.25, 0.3) is 10.6 Å². The Hall–Kier alpha value is -4.15. The molecule has 0 radical (unpaired) electrons. The van der Waals surface area contributed by atoms with E-state index >= 15 is 0 Å². The largest absolute Gasteiger partial charge is 0.340 e. The molecule has 0 saturated carbocycles. The molecule has 1 atom stereocenters. The molecule has 4 aromatic rings. The fourth-order valence-electron chi connectivity index (χ4n) is 3.21. The van der Waals surface area contributed by atoms with Crippen molar-refractivity contribution in [2.24, 2.45) is 0 Å². The Bertz CT molecular complexity index is 1340. The molecule has 0 spiro atoms. The number of nitro benzene ring substituents is 1. The van der Waals surface area contributed by atoms with Gasteiger partial charge < -0.3 is 5.32 Å². The quantitative estimate of drug-likeness (QED) is 0.262. The van der Waals surface area contributed by atoms with E-state index in [9.17, 15) is 19.7 Å². The van der Waals surface area contributed by atoms with Crippen LogP contribution in [0.5, 0.6) is 0 Å². The standard InChI is InChI=1S/C24H18ClN5O4S/c25-18-10-6-17(7-11-18)23-28-29-24(35-23)27-22(32)20(14-15-4-2-1-3-5-15)26-21(31)16-8-12-19(13-9-16)30(33)34/h1-13,20H,14H2,(H,26,31)(H,27,29,32). The maximum Gasteiger partial charge on any atom is 0.269 e. The number of hydrogen-bond acceptors (Lipinski definition) is 7. The molecular weight excluding hydrogens is 490 g/mol. The van der Waals surface area contributed by atoms with Gasteiger partial charge in [-0.2, -0.15) is 0 Å². The first-order valence-corrected chi connectivity index (χ1v) is 11.6. The van der Waals surface area contributed by atoms with Crippen molar-refractivity contribution >= 4 is 45.6 Å². The van der Waals surface area contributed by atoms with Gasteiger partial charge >= 0.3 is 0 Å². The summed E-state index contributed by atoms with van der Waals surface area (Å²) in [5, 5.41) is 25.9. The van der Waals surface area contributed by atoms with Crippen molar-refractivity contribution in [1.82, 2.24) is 15.5 Å². The van der Waals surface area contributed by atoms with E-state index in [2.05, 4.69) is 20.8 Å². The molecule has 0 aliphatic heterocycles. The van der Waals surface area contributed by atoms with E-state index in [-0.39, 0.29) is 22.8 Å². The second kappa shape index (κ2) is 10.9. The summed E-state index contributed by atoms with van der Waals surface area (Å²) in [6.07, 6.45) is 0.230. The van der Waals surface area contributed by atoms with Gasteiger partial charge in [-0.05, 0) is 29.8 Å². The zero-order valence-electron chi connectivity index (χ0n) is 18.1. The van der Waals surface area contributed by atoms with Crippen LogP contribution in [-0.4, -0.2) is 33.0 Å². The predicted molar refractivity (Wildman–Crippen MR) is 133 cm³/mol. The highest BCUT2D eigenvalue weighted by Crippen LogP contribution is 2.27. The highest BCUT2D eigenvalue weighted by molar-refractivity contribution is 7.18. The first-order chi connectivity index (χ1) is 16.9. The molecule has 3 aromatic carbocycles. The van der Waals surface area contributed by atoms with Crippen LogP contribution in [0.4, 0.5) is 10.8 Å². The van der Waals surface area contributed by atoms with Crippen molar-refractivity contribution in [3.05, 3.63) is 105 Å². The van der Waals surface area contributed by atoms with Gasteiger partial charge in [0.1, 0.15) is 11.0 Å². The lowest BCUT2D eigenvalue weighted by Gasteiger charge is -2.18. The van der Waals surface area contributed by atoms with Crippen molar-refractivity contribution < 1.29 is 14.5 Å². The van der Waals surface area contributed by atoms with Crippen molar-refractivity contribution in [3.63, 3.8) is 0 Å². The van der Waals surface area contributed by atoms with Crippen LogP contribution < -0.4 is 10.6 Å². The third-order valence-electron chi connectivity index (χ3n) is 4.99. The molecule has 0 bridgehead atoms. The number of carbonyl (C=O) groups is 2. The van der Waals surface area contributed by atoms with Crippen LogP contribution in [0, 0.1) is 10.1 Å². The lowest BCUT2D eigenvalue weighted by molar-refractivity contribution is -0.384. The summed E-state index contributed by atoms with van der Waals surface area (Å²) in [6, 6.07) is 20.5. The number of anilines is 1. The number of nitro groups is 1. The van der Waals surface area contributed by atoms with Crippen molar-refractivity contribution in [3.8, 4) is 10.6 Å². The minimum atomic E-state index is -0.928. The molecule has 2 N–H and O–H groups in total. The Morgan fingerprint density at radius 3 is 2.31 bits per heavy atom. The van der Waals surface area contributed by atoms with Crippen LogP contribution in [-0.2, 0) is 11.2 Å². The molecule has 0 aliphatic rings. The van der Waals surface area contributed by atoms with Crippen LogP contribution >= 0.6 is 22.9 Å². The van der Waals surface area contributed by atoms with Gasteiger partial charge in [0, 0.05) is 34.7 Å². The van der Waals surface area contributed by atoms with Gasteiger partial charge in [0.05, 0.1) is 4.92 Å². The van der Waals surface area contributed by atoms with Gasteiger partial charge in [0.2, 0.25) is 11.0 Å². The van der Waals surface area contributed by atoms with Crippen molar-refractivity contribution in [2.45, 2.75) is 12.5 Å². The topological polar surface area (TPSA) is 127 Å². The predicted octanol–water partition coefficient (Wildman–Crippen LogP) is 4.75. The molecule has 9 nitrogen and oxygen atoms in total. The van der Waals surface area contributed by atoms with Crippen LogP contribution in [0.3, 0.4) is 0 Å². The Morgan fingerprint density at radius 1 is 0.971 bits per heavy atom. The second-order valence-electron chi connectivity index (χ2n) is 7.43. The summed E-state index contributed by atoms with van der Waals surface area (Å²) in [7, 11) is 0. The second-order valence-corrected chi connectivity index (χ2v) is 8.84. The lowest BCUT2D eigenvalue weighted by atomic mass is 10.0. The molecule has 176 valence electrons. The summed E-state index contributed by atoms with van der Waals surface area (Å²) >= 11 is 7.12. The molecule has 11 heteroatoms. The van der Waals surface area contributed by atoms with E-state index in [4.69, 9.17) is 11.6 Å². The first kappa shape index (κ1) is 24.0. The van der Waals surface area contributed by atoms with Gasteiger partial charge in [0.25, 0.3) is 11.6 Å². The first-order valence-electron chi connectivity index (χ1n) is 10.4. The number of nitrogens with zero attached hydrogens (tertiary/aromatic N) is 3. The van der Waals surface area contributed by atoms with Gasteiger partial charge in [-0.25, -0.2) is 0 Å². The highest BCUT2D eigenvalue weighted by Gasteiger charge is 2.24.